The second kappa shape index (κ2) is 8.04. The minimum absolute atomic E-state index is 0.132. The topological polar surface area (TPSA) is 59.1 Å². The number of hydroxylamine groups is 2. The molecule has 0 atom stereocenters. The van der Waals surface area contributed by atoms with Gasteiger partial charge in [0.15, 0.2) is 0 Å². The molecule has 0 N–H and O–H groups in total. The van der Waals surface area contributed by atoms with Crippen LogP contribution in [0.25, 0.3) is 10.8 Å². The second-order valence-corrected chi connectivity index (χ2v) is 7.91. The van der Waals surface area contributed by atoms with Gasteiger partial charge in [0, 0.05) is 23.9 Å². The summed E-state index contributed by atoms with van der Waals surface area (Å²) in [6.07, 6.45) is 3.45. The number of carbonyl (C=O) groups is 2. The first-order chi connectivity index (χ1) is 15.2. The quantitative estimate of drug-likeness (QED) is 0.571. The molecule has 3 aromatic rings. The van der Waals surface area contributed by atoms with E-state index in [1.807, 2.05) is 42.5 Å². The zero-order valence-electron chi connectivity index (χ0n) is 17.5. The van der Waals surface area contributed by atoms with E-state index in [1.54, 1.807) is 19.2 Å². The van der Waals surface area contributed by atoms with Crippen LogP contribution < -0.4 is 9.64 Å². The van der Waals surface area contributed by atoms with Crippen molar-refractivity contribution in [1.29, 1.82) is 0 Å². The Morgan fingerprint density at radius 2 is 1.61 bits per heavy atom. The number of hydrogen-bond donors (Lipinski definition) is 0. The van der Waals surface area contributed by atoms with E-state index < -0.39 is 11.8 Å². The van der Waals surface area contributed by atoms with Crippen molar-refractivity contribution in [3.63, 3.8) is 0 Å². The Morgan fingerprint density at radius 1 is 0.871 bits per heavy atom. The minimum atomic E-state index is -0.465. The van der Waals surface area contributed by atoms with Crippen LogP contribution >= 0.6 is 0 Å². The molecule has 0 aromatic heterocycles. The molecule has 158 valence electrons. The van der Waals surface area contributed by atoms with E-state index in [4.69, 9.17) is 9.57 Å². The number of amides is 2. The van der Waals surface area contributed by atoms with Gasteiger partial charge in [-0.2, -0.15) is 0 Å². The van der Waals surface area contributed by atoms with Crippen LogP contribution in [0.15, 0.2) is 54.6 Å². The first kappa shape index (κ1) is 19.6. The lowest BCUT2D eigenvalue weighted by Gasteiger charge is -2.33. The Bertz CT molecular complexity index is 1150. The largest absolute Gasteiger partial charge is 0.495 e. The van der Waals surface area contributed by atoms with Gasteiger partial charge in [-0.1, -0.05) is 42.5 Å². The van der Waals surface area contributed by atoms with Crippen LogP contribution in [0.5, 0.6) is 5.75 Å². The molecule has 2 aliphatic rings. The van der Waals surface area contributed by atoms with Crippen molar-refractivity contribution in [2.45, 2.75) is 25.9 Å². The third-order valence-corrected chi connectivity index (χ3v) is 6.02. The zero-order chi connectivity index (χ0) is 21.4. The molecule has 2 aliphatic heterocycles. The number of imide groups is 1. The van der Waals surface area contributed by atoms with Gasteiger partial charge in [-0.25, -0.2) is 0 Å². The lowest BCUT2D eigenvalue weighted by atomic mass is 9.92. The van der Waals surface area contributed by atoms with Crippen molar-refractivity contribution in [3.8, 4) is 5.75 Å². The molecule has 0 radical (unpaired) electrons. The molecule has 2 heterocycles. The predicted octanol–water partition coefficient (Wildman–Crippen LogP) is 4.57. The molecule has 0 unspecified atom stereocenters. The molecule has 6 heteroatoms. The van der Waals surface area contributed by atoms with E-state index in [2.05, 4.69) is 4.90 Å². The molecule has 6 nitrogen and oxygen atoms in total. The number of benzene rings is 3. The van der Waals surface area contributed by atoms with E-state index in [0.29, 0.717) is 22.3 Å². The third-order valence-electron chi connectivity index (χ3n) is 6.02. The van der Waals surface area contributed by atoms with Crippen molar-refractivity contribution in [2.24, 2.45) is 0 Å². The Hall–Kier alpha value is -3.38. The summed E-state index contributed by atoms with van der Waals surface area (Å²) in [5.41, 5.74) is 2.74. The standard InChI is InChI=1S/C25H24N2O4/c1-30-21-15-20-22-18(23(21)26-13-6-3-7-14-26)11-8-12-19(22)24(28)27(25(20)29)31-16-17-9-4-2-5-10-17/h2,4-5,8-12,15H,3,6-7,13-14,16H2,1H3. The number of piperidine rings is 1. The van der Waals surface area contributed by atoms with Gasteiger partial charge in [-0.15, -0.1) is 5.06 Å². The molecule has 3 aromatic carbocycles. The van der Waals surface area contributed by atoms with Crippen LogP contribution in [0.3, 0.4) is 0 Å². The summed E-state index contributed by atoms with van der Waals surface area (Å²) in [5.74, 6) is -0.255. The van der Waals surface area contributed by atoms with Crippen molar-refractivity contribution < 1.29 is 19.2 Å². The molecular formula is C25H24N2O4. The van der Waals surface area contributed by atoms with Gasteiger partial charge < -0.3 is 9.64 Å². The third kappa shape index (κ3) is 3.33. The Labute approximate surface area is 180 Å². The Balaban J connectivity index is 1.59. The first-order valence-electron chi connectivity index (χ1n) is 10.6. The molecule has 2 amide bonds. The molecule has 5 rings (SSSR count). The van der Waals surface area contributed by atoms with Crippen molar-refractivity contribution in [3.05, 3.63) is 71.3 Å². The van der Waals surface area contributed by atoms with Gasteiger partial charge in [0.25, 0.3) is 11.8 Å². The average molecular weight is 416 g/mol. The van der Waals surface area contributed by atoms with Crippen LogP contribution in [0.2, 0.25) is 0 Å². The van der Waals surface area contributed by atoms with E-state index in [0.717, 1.165) is 47.6 Å². The highest BCUT2D eigenvalue weighted by Crippen LogP contribution is 2.43. The van der Waals surface area contributed by atoms with Crippen LogP contribution in [0.4, 0.5) is 5.69 Å². The van der Waals surface area contributed by atoms with E-state index in [9.17, 15) is 9.59 Å². The summed E-state index contributed by atoms with van der Waals surface area (Å²) in [6, 6.07) is 16.8. The van der Waals surface area contributed by atoms with E-state index >= 15 is 0 Å². The molecule has 1 saturated heterocycles. The molecule has 0 spiro atoms. The number of hydrogen-bond acceptors (Lipinski definition) is 5. The van der Waals surface area contributed by atoms with Crippen LogP contribution in [-0.4, -0.2) is 37.1 Å². The van der Waals surface area contributed by atoms with Crippen LogP contribution in [0, 0.1) is 0 Å². The zero-order valence-corrected chi connectivity index (χ0v) is 17.5. The highest BCUT2D eigenvalue weighted by atomic mass is 16.7. The van der Waals surface area contributed by atoms with Gasteiger partial charge in [0.05, 0.1) is 23.9 Å². The summed E-state index contributed by atoms with van der Waals surface area (Å²) >= 11 is 0. The minimum Gasteiger partial charge on any atom is -0.495 e. The van der Waals surface area contributed by atoms with Gasteiger partial charge >= 0.3 is 0 Å². The summed E-state index contributed by atoms with van der Waals surface area (Å²) in [4.78, 5) is 34.5. The smallest absolute Gasteiger partial charge is 0.285 e. The second-order valence-electron chi connectivity index (χ2n) is 7.91. The summed E-state index contributed by atoms with van der Waals surface area (Å²) in [7, 11) is 1.62. The van der Waals surface area contributed by atoms with Gasteiger partial charge in [0.1, 0.15) is 12.4 Å². The fourth-order valence-corrected chi connectivity index (χ4v) is 4.53. The summed E-state index contributed by atoms with van der Waals surface area (Å²) in [5, 5.41) is 2.43. The summed E-state index contributed by atoms with van der Waals surface area (Å²) in [6.45, 7) is 2.00. The van der Waals surface area contributed by atoms with Gasteiger partial charge in [0.2, 0.25) is 0 Å². The molecule has 1 fully saturated rings. The number of methoxy groups -OCH3 is 1. The van der Waals surface area contributed by atoms with Crippen molar-refractivity contribution in [2.75, 3.05) is 25.1 Å². The fraction of sp³-hybridized carbons (Fsp3) is 0.280. The highest BCUT2D eigenvalue weighted by Gasteiger charge is 2.36. The Morgan fingerprint density at radius 3 is 2.35 bits per heavy atom. The maximum absolute atomic E-state index is 13.3. The molecule has 31 heavy (non-hydrogen) atoms. The number of carbonyl (C=O) groups excluding carboxylic acids is 2. The molecule has 0 bridgehead atoms. The maximum atomic E-state index is 13.3. The maximum Gasteiger partial charge on any atom is 0.285 e. The van der Waals surface area contributed by atoms with Crippen LogP contribution in [-0.2, 0) is 11.4 Å². The Kier molecular flexibility index (Phi) is 5.08. The van der Waals surface area contributed by atoms with Gasteiger partial charge in [-0.05, 0) is 37.0 Å². The normalized spacial score (nSPS) is 16.2. The number of ether oxygens (including phenoxy) is 1. The molecule has 0 saturated carbocycles. The molecular weight excluding hydrogens is 392 g/mol. The predicted molar refractivity (Wildman–Crippen MR) is 118 cm³/mol. The SMILES string of the molecule is COc1cc2c3c(cccc3c1N1CCCCC1)C(=O)N(OCc1ccccc1)C2=O. The number of nitrogens with zero attached hydrogens (tertiary/aromatic N) is 2. The number of rotatable bonds is 5. The average Bonchev–Trinajstić information content (AvgIpc) is 2.83. The number of anilines is 1. The lowest BCUT2D eigenvalue weighted by molar-refractivity contribution is -0.104. The molecule has 0 aliphatic carbocycles. The first-order valence-corrected chi connectivity index (χ1v) is 10.6. The summed E-state index contributed by atoms with van der Waals surface area (Å²) < 4.78 is 5.71. The lowest BCUT2D eigenvalue weighted by Crippen LogP contribution is -2.40. The van der Waals surface area contributed by atoms with E-state index in [1.165, 1.54) is 6.42 Å². The highest BCUT2D eigenvalue weighted by molar-refractivity contribution is 6.26. The van der Waals surface area contributed by atoms with Crippen LogP contribution in [0.1, 0.15) is 45.5 Å². The van der Waals surface area contributed by atoms with Crippen molar-refractivity contribution in [1.82, 2.24) is 5.06 Å². The van der Waals surface area contributed by atoms with E-state index in [-0.39, 0.29) is 6.61 Å². The monoisotopic (exact) mass is 416 g/mol. The van der Waals surface area contributed by atoms with Gasteiger partial charge in [-0.3, -0.25) is 14.4 Å². The van der Waals surface area contributed by atoms with Crippen molar-refractivity contribution >= 4 is 28.3 Å². The fourth-order valence-electron chi connectivity index (χ4n) is 4.53.